The van der Waals surface area contributed by atoms with Crippen molar-refractivity contribution >= 4 is 32.7 Å². The third-order valence-corrected chi connectivity index (χ3v) is 3.13. The van der Waals surface area contributed by atoms with Crippen molar-refractivity contribution in [3.63, 3.8) is 0 Å². The molecule has 0 aromatic carbocycles. The van der Waals surface area contributed by atoms with Crippen LogP contribution in [0.3, 0.4) is 0 Å². The van der Waals surface area contributed by atoms with Gasteiger partial charge in [-0.2, -0.15) is 0 Å². The number of hydrogen-bond donors (Lipinski definition) is 2. The van der Waals surface area contributed by atoms with Crippen LogP contribution < -0.4 is 5.32 Å². The first-order valence-corrected chi connectivity index (χ1v) is 6.85. The maximum absolute atomic E-state index is 8.71. The van der Waals surface area contributed by atoms with Crippen molar-refractivity contribution in [3.05, 3.63) is 29.0 Å². The molecule has 0 saturated heterocycles. The molecule has 0 aliphatic rings. The van der Waals surface area contributed by atoms with Crippen LogP contribution in [-0.4, -0.2) is 28.2 Å². The van der Waals surface area contributed by atoms with Gasteiger partial charge in [-0.25, -0.2) is 0 Å². The quantitative estimate of drug-likeness (QED) is 0.805. The lowest BCUT2D eigenvalue weighted by Gasteiger charge is -2.08. The Balaban J connectivity index is 2.04. The van der Waals surface area contributed by atoms with Crippen LogP contribution >= 0.6 is 15.9 Å². The zero-order chi connectivity index (χ0) is 12.8. The molecule has 5 heteroatoms. The number of aromatic nitrogens is 2. The van der Waals surface area contributed by atoms with Crippen LogP contribution in [0, 0.1) is 0 Å². The Morgan fingerprint density at radius 1 is 1.22 bits per heavy atom. The molecule has 2 aromatic rings. The number of aliphatic hydroxyl groups excluding tert-OH is 1. The fourth-order valence-corrected chi connectivity index (χ4v) is 2.10. The van der Waals surface area contributed by atoms with Crippen LogP contribution in [0.15, 0.2) is 29.0 Å². The van der Waals surface area contributed by atoms with Gasteiger partial charge in [0.2, 0.25) is 0 Å². The molecule has 2 aromatic heterocycles. The van der Waals surface area contributed by atoms with E-state index in [4.69, 9.17) is 5.11 Å². The SMILES string of the molecule is OCCCCCNc1ccnc2cc(Br)cnc12. The fraction of sp³-hybridized carbons (Fsp3) is 0.385. The molecule has 0 atom stereocenters. The Morgan fingerprint density at radius 2 is 2.11 bits per heavy atom. The van der Waals surface area contributed by atoms with E-state index in [1.807, 2.05) is 12.1 Å². The zero-order valence-corrected chi connectivity index (χ0v) is 11.7. The molecule has 0 amide bonds. The molecule has 0 radical (unpaired) electrons. The number of rotatable bonds is 6. The van der Waals surface area contributed by atoms with Crippen LogP contribution in [0.4, 0.5) is 5.69 Å². The van der Waals surface area contributed by atoms with Crippen LogP contribution in [0.2, 0.25) is 0 Å². The van der Waals surface area contributed by atoms with Crippen molar-refractivity contribution in [1.82, 2.24) is 9.97 Å². The van der Waals surface area contributed by atoms with Gasteiger partial charge in [0.05, 0.1) is 11.2 Å². The molecule has 0 aliphatic carbocycles. The monoisotopic (exact) mass is 309 g/mol. The van der Waals surface area contributed by atoms with Crippen molar-refractivity contribution in [2.45, 2.75) is 19.3 Å². The molecule has 0 saturated carbocycles. The first kappa shape index (κ1) is 13.2. The lowest BCUT2D eigenvalue weighted by Crippen LogP contribution is -2.03. The highest BCUT2D eigenvalue weighted by Crippen LogP contribution is 2.21. The number of nitrogens with one attached hydrogen (secondary N) is 1. The van der Waals surface area contributed by atoms with Gasteiger partial charge >= 0.3 is 0 Å². The second-order valence-corrected chi connectivity index (χ2v) is 5.01. The number of aliphatic hydroxyl groups is 1. The predicted molar refractivity (Wildman–Crippen MR) is 76.7 cm³/mol. The molecule has 4 nitrogen and oxygen atoms in total. The molecule has 0 spiro atoms. The van der Waals surface area contributed by atoms with Crippen molar-refractivity contribution in [2.24, 2.45) is 0 Å². The molecule has 2 heterocycles. The van der Waals surface area contributed by atoms with E-state index in [2.05, 4.69) is 31.2 Å². The van der Waals surface area contributed by atoms with Crippen molar-refractivity contribution < 1.29 is 5.11 Å². The fourth-order valence-electron chi connectivity index (χ4n) is 1.78. The summed E-state index contributed by atoms with van der Waals surface area (Å²) in [5.74, 6) is 0. The van der Waals surface area contributed by atoms with Gasteiger partial charge in [-0.05, 0) is 47.3 Å². The highest BCUT2D eigenvalue weighted by Gasteiger charge is 2.03. The van der Waals surface area contributed by atoms with E-state index < -0.39 is 0 Å². The highest BCUT2D eigenvalue weighted by molar-refractivity contribution is 9.10. The largest absolute Gasteiger partial charge is 0.396 e. The number of unbranched alkanes of at least 4 members (excludes halogenated alkanes) is 2. The number of fused-ring (bicyclic) bond motifs is 1. The minimum atomic E-state index is 0.272. The zero-order valence-electron chi connectivity index (χ0n) is 10.1. The molecule has 18 heavy (non-hydrogen) atoms. The molecule has 2 rings (SSSR count). The highest BCUT2D eigenvalue weighted by atomic mass is 79.9. The van der Waals surface area contributed by atoms with E-state index >= 15 is 0 Å². The molecule has 0 fully saturated rings. The van der Waals surface area contributed by atoms with E-state index in [9.17, 15) is 0 Å². The summed E-state index contributed by atoms with van der Waals surface area (Å²) < 4.78 is 0.933. The van der Waals surface area contributed by atoms with Crippen LogP contribution in [0.25, 0.3) is 11.0 Å². The predicted octanol–water partition coefficient (Wildman–Crippen LogP) is 2.97. The van der Waals surface area contributed by atoms with Crippen molar-refractivity contribution in [2.75, 3.05) is 18.5 Å². The first-order valence-electron chi connectivity index (χ1n) is 6.06. The van der Waals surface area contributed by atoms with Gasteiger partial charge in [-0.1, -0.05) is 0 Å². The third kappa shape index (κ3) is 3.40. The average molecular weight is 310 g/mol. The Morgan fingerprint density at radius 3 is 2.94 bits per heavy atom. The van der Waals surface area contributed by atoms with E-state index in [0.717, 1.165) is 47.0 Å². The lowest BCUT2D eigenvalue weighted by molar-refractivity contribution is 0.283. The van der Waals surface area contributed by atoms with Gasteiger partial charge in [-0.3, -0.25) is 9.97 Å². The third-order valence-electron chi connectivity index (χ3n) is 2.69. The first-order chi connectivity index (χ1) is 8.81. The lowest BCUT2D eigenvalue weighted by atomic mass is 10.2. The minimum absolute atomic E-state index is 0.272. The normalized spacial score (nSPS) is 10.8. The molecule has 0 bridgehead atoms. The van der Waals surface area contributed by atoms with Gasteiger partial charge < -0.3 is 10.4 Å². The smallest absolute Gasteiger partial charge is 0.112 e. The molecule has 0 unspecified atom stereocenters. The van der Waals surface area contributed by atoms with E-state index in [-0.39, 0.29) is 6.61 Å². The molecular weight excluding hydrogens is 294 g/mol. The maximum atomic E-state index is 8.71. The standard InChI is InChI=1S/C13H16BrN3O/c14-10-8-12-13(17-9-10)11(4-6-16-12)15-5-2-1-3-7-18/h4,6,8-9,18H,1-3,5,7H2,(H,15,16). The summed E-state index contributed by atoms with van der Waals surface area (Å²) in [4.78, 5) is 8.68. The Bertz CT molecular complexity index is 519. The van der Waals surface area contributed by atoms with Gasteiger partial charge in [0, 0.05) is 30.0 Å². The molecular formula is C13H16BrN3O. The number of pyridine rings is 2. The topological polar surface area (TPSA) is 58.0 Å². The maximum Gasteiger partial charge on any atom is 0.112 e. The second-order valence-electron chi connectivity index (χ2n) is 4.09. The number of hydrogen-bond acceptors (Lipinski definition) is 4. The van der Waals surface area contributed by atoms with Crippen LogP contribution in [-0.2, 0) is 0 Å². The number of nitrogens with zero attached hydrogens (tertiary/aromatic N) is 2. The second kappa shape index (κ2) is 6.66. The molecule has 2 N–H and O–H groups in total. The Kier molecular flexibility index (Phi) is 4.90. The van der Waals surface area contributed by atoms with Gasteiger partial charge in [-0.15, -0.1) is 0 Å². The number of anilines is 1. The Labute approximate surface area is 115 Å². The summed E-state index contributed by atoms with van der Waals surface area (Å²) in [6, 6.07) is 3.90. The van der Waals surface area contributed by atoms with Crippen LogP contribution in [0.1, 0.15) is 19.3 Å². The number of halogens is 1. The molecule has 96 valence electrons. The van der Waals surface area contributed by atoms with Gasteiger partial charge in [0.15, 0.2) is 0 Å². The summed E-state index contributed by atoms with van der Waals surface area (Å²) in [6.07, 6.45) is 6.50. The van der Waals surface area contributed by atoms with Gasteiger partial charge in [0.25, 0.3) is 0 Å². The van der Waals surface area contributed by atoms with Crippen LogP contribution in [0.5, 0.6) is 0 Å². The molecule has 0 aliphatic heterocycles. The summed E-state index contributed by atoms with van der Waals surface area (Å²) in [5, 5.41) is 12.1. The van der Waals surface area contributed by atoms with E-state index in [0.29, 0.717) is 0 Å². The van der Waals surface area contributed by atoms with Gasteiger partial charge in [0.1, 0.15) is 5.52 Å². The van der Waals surface area contributed by atoms with Crippen molar-refractivity contribution in [1.29, 1.82) is 0 Å². The minimum Gasteiger partial charge on any atom is -0.396 e. The van der Waals surface area contributed by atoms with E-state index in [1.165, 1.54) is 0 Å². The summed E-state index contributed by atoms with van der Waals surface area (Å²) in [6.45, 7) is 1.16. The average Bonchev–Trinajstić information content (AvgIpc) is 2.38. The summed E-state index contributed by atoms with van der Waals surface area (Å²) in [7, 11) is 0. The summed E-state index contributed by atoms with van der Waals surface area (Å²) >= 11 is 3.39. The summed E-state index contributed by atoms with van der Waals surface area (Å²) in [5.41, 5.74) is 2.78. The van der Waals surface area contributed by atoms with Crippen molar-refractivity contribution in [3.8, 4) is 0 Å². The van der Waals surface area contributed by atoms with E-state index in [1.54, 1.807) is 12.4 Å². The Hall–Kier alpha value is -1.20.